The van der Waals surface area contributed by atoms with E-state index in [1.807, 2.05) is 20.2 Å². The van der Waals surface area contributed by atoms with E-state index >= 15 is 0 Å². The zero-order chi connectivity index (χ0) is 15.0. The van der Waals surface area contributed by atoms with Gasteiger partial charge in [0.1, 0.15) is 4.21 Å². The monoisotopic (exact) mass is 329 g/mol. The summed E-state index contributed by atoms with van der Waals surface area (Å²) in [5, 5.41) is 3.42. The number of sulfonamides is 1. The van der Waals surface area contributed by atoms with Gasteiger partial charge in [-0.05, 0) is 45.5 Å². The lowest BCUT2D eigenvalue weighted by Crippen LogP contribution is -2.34. The molecule has 118 valence electrons. The molecule has 1 aromatic heterocycles. The van der Waals surface area contributed by atoms with Crippen molar-refractivity contribution in [1.82, 2.24) is 14.5 Å². The summed E-state index contributed by atoms with van der Waals surface area (Å²) in [6.07, 6.45) is 3.40. The molecule has 1 saturated heterocycles. The maximum absolute atomic E-state index is 12.7. The molecule has 1 aliphatic carbocycles. The SMILES string of the molecule is CN(C)C1CCN(S(=O)(=O)c2ccc(CNC3CC3)s2)C1. The molecule has 0 bridgehead atoms. The number of hydrogen-bond acceptors (Lipinski definition) is 5. The third kappa shape index (κ3) is 3.48. The zero-order valence-electron chi connectivity index (χ0n) is 12.6. The quantitative estimate of drug-likeness (QED) is 0.855. The van der Waals surface area contributed by atoms with Crippen molar-refractivity contribution < 1.29 is 8.42 Å². The summed E-state index contributed by atoms with van der Waals surface area (Å²) in [7, 11) is 0.705. The van der Waals surface area contributed by atoms with Gasteiger partial charge in [-0.3, -0.25) is 0 Å². The van der Waals surface area contributed by atoms with E-state index in [-0.39, 0.29) is 0 Å². The molecule has 0 spiro atoms. The van der Waals surface area contributed by atoms with Gasteiger partial charge in [-0.1, -0.05) is 0 Å². The number of likely N-dealkylation sites (N-methyl/N-ethyl adjacent to an activating group) is 1. The highest BCUT2D eigenvalue weighted by atomic mass is 32.2. The van der Waals surface area contributed by atoms with Crippen LogP contribution in [0.1, 0.15) is 24.1 Å². The molecule has 2 aliphatic rings. The van der Waals surface area contributed by atoms with Gasteiger partial charge in [0.05, 0.1) is 0 Å². The number of nitrogens with one attached hydrogen (secondary N) is 1. The minimum atomic E-state index is -3.31. The highest BCUT2D eigenvalue weighted by molar-refractivity contribution is 7.91. The van der Waals surface area contributed by atoms with Crippen molar-refractivity contribution in [2.75, 3.05) is 27.2 Å². The Morgan fingerprint density at radius 2 is 2.10 bits per heavy atom. The highest BCUT2D eigenvalue weighted by Gasteiger charge is 2.34. The average Bonchev–Trinajstić information content (AvgIpc) is 2.96. The van der Waals surface area contributed by atoms with Crippen LogP contribution in [0.3, 0.4) is 0 Å². The first-order valence-electron chi connectivity index (χ1n) is 7.45. The summed E-state index contributed by atoms with van der Waals surface area (Å²) in [5.74, 6) is 0. The molecular weight excluding hydrogens is 306 g/mol. The van der Waals surface area contributed by atoms with Crippen molar-refractivity contribution >= 4 is 21.4 Å². The molecule has 21 heavy (non-hydrogen) atoms. The number of thiophene rings is 1. The van der Waals surface area contributed by atoms with Crippen LogP contribution < -0.4 is 5.32 Å². The van der Waals surface area contributed by atoms with E-state index in [1.165, 1.54) is 24.2 Å². The molecule has 1 N–H and O–H groups in total. The van der Waals surface area contributed by atoms with Gasteiger partial charge in [-0.2, -0.15) is 4.31 Å². The van der Waals surface area contributed by atoms with E-state index < -0.39 is 10.0 Å². The maximum atomic E-state index is 12.7. The van der Waals surface area contributed by atoms with E-state index in [4.69, 9.17) is 0 Å². The smallest absolute Gasteiger partial charge is 0.252 e. The molecule has 0 aromatic carbocycles. The highest BCUT2D eigenvalue weighted by Crippen LogP contribution is 2.29. The first kappa shape index (κ1) is 15.4. The predicted octanol–water partition coefficient (Wildman–Crippen LogP) is 1.32. The third-order valence-electron chi connectivity index (χ3n) is 4.23. The molecule has 1 unspecified atom stereocenters. The number of hydrogen-bond donors (Lipinski definition) is 1. The van der Waals surface area contributed by atoms with Crippen LogP contribution in [0.15, 0.2) is 16.3 Å². The molecule has 1 atom stereocenters. The Balaban J connectivity index is 1.66. The second-order valence-corrected chi connectivity index (χ2v) is 9.48. The van der Waals surface area contributed by atoms with Crippen molar-refractivity contribution in [2.45, 2.75) is 42.1 Å². The maximum Gasteiger partial charge on any atom is 0.252 e. The molecular formula is C14H23N3O2S2. The lowest BCUT2D eigenvalue weighted by molar-refractivity contribution is 0.302. The molecule has 2 heterocycles. The molecule has 0 radical (unpaired) electrons. The van der Waals surface area contributed by atoms with Gasteiger partial charge in [0, 0.05) is 36.6 Å². The molecule has 1 aromatic rings. The summed E-state index contributed by atoms with van der Waals surface area (Å²) in [6, 6.07) is 4.67. The second-order valence-electron chi connectivity index (χ2n) is 6.15. The van der Waals surface area contributed by atoms with Crippen molar-refractivity contribution in [3.63, 3.8) is 0 Å². The molecule has 5 nitrogen and oxygen atoms in total. The summed E-state index contributed by atoms with van der Waals surface area (Å²) < 4.78 is 27.4. The van der Waals surface area contributed by atoms with Crippen LogP contribution in [0.25, 0.3) is 0 Å². The van der Waals surface area contributed by atoms with Crippen LogP contribution in [0.4, 0.5) is 0 Å². The lowest BCUT2D eigenvalue weighted by Gasteiger charge is -2.19. The largest absolute Gasteiger partial charge is 0.309 e. The summed E-state index contributed by atoms with van der Waals surface area (Å²) in [5.41, 5.74) is 0. The standard InChI is InChI=1S/C14H23N3O2S2/c1-16(2)12-7-8-17(10-12)21(18,19)14-6-5-13(20-14)9-15-11-3-4-11/h5-6,11-12,15H,3-4,7-10H2,1-2H3. The Morgan fingerprint density at radius 1 is 1.33 bits per heavy atom. The van der Waals surface area contributed by atoms with Crippen molar-refractivity contribution in [2.24, 2.45) is 0 Å². The van der Waals surface area contributed by atoms with E-state index in [9.17, 15) is 8.42 Å². The molecule has 0 amide bonds. The van der Waals surface area contributed by atoms with Gasteiger partial charge in [0.2, 0.25) is 0 Å². The van der Waals surface area contributed by atoms with Gasteiger partial charge in [0.25, 0.3) is 10.0 Å². The Bertz CT molecular complexity index is 593. The van der Waals surface area contributed by atoms with Gasteiger partial charge < -0.3 is 10.2 Å². The van der Waals surface area contributed by atoms with Crippen molar-refractivity contribution in [1.29, 1.82) is 0 Å². The van der Waals surface area contributed by atoms with Crippen molar-refractivity contribution in [3.05, 3.63) is 17.0 Å². The van der Waals surface area contributed by atoms with Crippen LogP contribution in [0, 0.1) is 0 Å². The number of rotatable bonds is 6. The fourth-order valence-electron chi connectivity index (χ4n) is 2.60. The van der Waals surface area contributed by atoms with Gasteiger partial charge in [-0.25, -0.2) is 8.42 Å². The normalized spacial score (nSPS) is 24.0. The Kier molecular flexibility index (Phi) is 4.38. The van der Waals surface area contributed by atoms with E-state index in [0.717, 1.165) is 17.8 Å². The molecule has 3 rings (SSSR count). The second kappa shape index (κ2) is 5.96. The van der Waals surface area contributed by atoms with Crippen LogP contribution in [0.2, 0.25) is 0 Å². The van der Waals surface area contributed by atoms with Crippen LogP contribution in [-0.2, 0) is 16.6 Å². The topological polar surface area (TPSA) is 52.7 Å². The Labute approximate surface area is 131 Å². The third-order valence-corrected chi connectivity index (χ3v) is 7.65. The Morgan fingerprint density at radius 3 is 2.71 bits per heavy atom. The minimum absolute atomic E-state index is 0.329. The summed E-state index contributed by atoms with van der Waals surface area (Å²) in [6.45, 7) is 2.01. The Hall–Kier alpha value is -0.470. The van der Waals surface area contributed by atoms with E-state index in [2.05, 4.69) is 10.2 Å². The fourth-order valence-corrected chi connectivity index (χ4v) is 5.56. The molecule has 7 heteroatoms. The van der Waals surface area contributed by atoms with Crippen LogP contribution in [0.5, 0.6) is 0 Å². The summed E-state index contributed by atoms with van der Waals surface area (Å²) >= 11 is 1.40. The molecule has 1 aliphatic heterocycles. The van der Waals surface area contributed by atoms with E-state index in [0.29, 0.717) is 29.4 Å². The zero-order valence-corrected chi connectivity index (χ0v) is 14.2. The first-order chi connectivity index (χ1) is 9.96. The lowest BCUT2D eigenvalue weighted by atomic mass is 10.2. The number of nitrogens with zero attached hydrogens (tertiary/aromatic N) is 2. The van der Waals surface area contributed by atoms with Crippen LogP contribution >= 0.6 is 11.3 Å². The van der Waals surface area contributed by atoms with E-state index in [1.54, 1.807) is 10.4 Å². The van der Waals surface area contributed by atoms with Gasteiger partial charge in [0.15, 0.2) is 0 Å². The first-order valence-corrected chi connectivity index (χ1v) is 9.71. The molecule has 2 fully saturated rings. The predicted molar refractivity (Wildman–Crippen MR) is 85.0 cm³/mol. The van der Waals surface area contributed by atoms with Gasteiger partial charge in [-0.15, -0.1) is 11.3 Å². The minimum Gasteiger partial charge on any atom is -0.309 e. The van der Waals surface area contributed by atoms with Crippen LogP contribution in [-0.4, -0.2) is 56.9 Å². The molecule has 1 saturated carbocycles. The summed E-state index contributed by atoms with van der Waals surface area (Å²) in [4.78, 5) is 3.21. The van der Waals surface area contributed by atoms with Gasteiger partial charge >= 0.3 is 0 Å². The fraction of sp³-hybridized carbons (Fsp3) is 0.714. The van der Waals surface area contributed by atoms with Crippen molar-refractivity contribution in [3.8, 4) is 0 Å². The average molecular weight is 329 g/mol.